The number of aryl methyl sites for hydroxylation is 1. The molecule has 23 heavy (non-hydrogen) atoms. The molecule has 1 N–H and O–H groups in total. The summed E-state index contributed by atoms with van der Waals surface area (Å²) in [4.78, 5) is 12.4. The average molecular weight is 376 g/mol. The fraction of sp³-hybridized carbons (Fsp3) is 0.333. The van der Waals surface area contributed by atoms with E-state index in [1.165, 1.54) is 16.8 Å². The van der Waals surface area contributed by atoms with Crippen LogP contribution in [0.2, 0.25) is 15.1 Å². The van der Waals surface area contributed by atoms with E-state index >= 15 is 0 Å². The van der Waals surface area contributed by atoms with Crippen LogP contribution in [0, 0.1) is 0 Å². The topological polar surface area (TPSA) is 64.4 Å². The van der Waals surface area contributed by atoms with Crippen LogP contribution in [0.5, 0.6) is 11.6 Å². The molecule has 0 unspecified atom stereocenters. The number of Topliss-reactive ketones (excluding diaryl/α,β-unsaturated/α-hetero) is 1. The molecule has 1 aliphatic rings. The third-order valence-electron chi connectivity index (χ3n) is 3.60. The van der Waals surface area contributed by atoms with Gasteiger partial charge in [-0.25, -0.2) is 4.68 Å². The molecule has 1 heterocycles. The lowest BCUT2D eigenvalue weighted by atomic mass is 10.1. The summed E-state index contributed by atoms with van der Waals surface area (Å²) in [5, 5.41) is 15.1. The number of aromatic nitrogens is 2. The van der Waals surface area contributed by atoms with E-state index in [0.717, 1.165) is 12.8 Å². The van der Waals surface area contributed by atoms with Crippen molar-refractivity contribution in [3.63, 3.8) is 0 Å². The highest BCUT2D eigenvalue weighted by Gasteiger charge is 2.34. The van der Waals surface area contributed by atoms with Crippen LogP contribution in [-0.2, 0) is 7.05 Å². The molecule has 0 bridgehead atoms. The molecule has 122 valence electrons. The van der Waals surface area contributed by atoms with E-state index in [9.17, 15) is 9.90 Å². The zero-order valence-electron chi connectivity index (χ0n) is 12.1. The Morgan fingerprint density at radius 3 is 2.52 bits per heavy atom. The minimum absolute atomic E-state index is 0.159. The Morgan fingerprint density at radius 1 is 1.35 bits per heavy atom. The Labute approximate surface area is 147 Å². The lowest BCUT2D eigenvalue weighted by Crippen LogP contribution is -2.13. The van der Waals surface area contributed by atoms with Gasteiger partial charge in [0.15, 0.2) is 12.4 Å². The monoisotopic (exact) mass is 374 g/mol. The number of hydrogen-bond acceptors (Lipinski definition) is 4. The number of halogens is 3. The maximum Gasteiger partial charge on any atom is 0.220 e. The van der Waals surface area contributed by atoms with E-state index in [-0.39, 0.29) is 45.5 Å². The maximum absolute atomic E-state index is 12.4. The normalized spacial score (nSPS) is 14.1. The summed E-state index contributed by atoms with van der Waals surface area (Å²) in [6, 6.07) is 2.96. The molecule has 8 heteroatoms. The largest absolute Gasteiger partial charge is 0.493 e. The van der Waals surface area contributed by atoms with Gasteiger partial charge in [0.1, 0.15) is 5.56 Å². The van der Waals surface area contributed by atoms with Crippen molar-refractivity contribution in [3.05, 3.63) is 38.5 Å². The number of benzene rings is 1. The molecule has 0 amide bonds. The van der Waals surface area contributed by atoms with E-state index in [0.29, 0.717) is 10.7 Å². The third-order valence-corrected chi connectivity index (χ3v) is 4.38. The Morgan fingerprint density at radius 2 is 1.96 bits per heavy atom. The van der Waals surface area contributed by atoms with E-state index < -0.39 is 0 Å². The van der Waals surface area contributed by atoms with Gasteiger partial charge < -0.3 is 9.84 Å². The zero-order chi connectivity index (χ0) is 16.7. The molecule has 2 aromatic rings. The molecule has 1 fully saturated rings. The number of ketones is 1. The first kappa shape index (κ1) is 16.4. The van der Waals surface area contributed by atoms with Gasteiger partial charge in [-0.3, -0.25) is 4.79 Å². The highest BCUT2D eigenvalue weighted by Crippen LogP contribution is 2.43. The standard InChI is InChI=1S/C15H13Cl3N2O3/c1-20-15(22)12(13(19-20)7-2-3-7)11(21)6-23-14-9(17)4-8(16)5-10(14)18/h4-5,7,22H,2-3,6H2,1H3. The predicted molar refractivity (Wildman–Crippen MR) is 88.1 cm³/mol. The number of rotatable bonds is 5. The predicted octanol–water partition coefficient (Wildman–Crippen LogP) is 4.23. The number of nitrogens with zero attached hydrogens (tertiary/aromatic N) is 2. The van der Waals surface area contributed by atoms with Crippen molar-refractivity contribution in [1.29, 1.82) is 0 Å². The molecule has 3 rings (SSSR count). The average Bonchev–Trinajstić information content (AvgIpc) is 3.25. The third kappa shape index (κ3) is 3.27. The van der Waals surface area contributed by atoms with Gasteiger partial charge in [0.25, 0.3) is 0 Å². The van der Waals surface area contributed by atoms with Gasteiger partial charge in [-0.05, 0) is 25.0 Å². The Balaban J connectivity index is 1.81. The minimum Gasteiger partial charge on any atom is -0.493 e. The molecule has 1 aromatic carbocycles. The summed E-state index contributed by atoms with van der Waals surface area (Å²) in [5.41, 5.74) is 0.822. The quantitative estimate of drug-likeness (QED) is 0.795. The van der Waals surface area contributed by atoms with Crippen molar-refractivity contribution in [2.45, 2.75) is 18.8 Å². The van der Waals surface area contributed by atoms with Crippen LogP contribution in [0.4, 0.5) is 0 Å². The van der Waals surface area contributed by atoms with Crippen LogP contribution in [0.3, 0.4) is 0 Å². The summed E-state index contributed by atoms with van der Waals surface area (Å²) in [5.74, 6) is -0.125. The second-order valence-electron chi connectivity index (χ2n) is 5.39. The molecule has 0 radical (unpaired) electrons. The fourth-order valence-electron chi connectivity index (χ4n) is 2.32. The second-order valence-corrected chi connectivity index (χ2v) is 6.64. The SMILES string of the molecule is Cn1nc(C2CC2)c(C(=O)COc2c(Cl)cc(Cl)cc2Cl)c1O. The second kappa shape index (κ2) is 6.23. The van der Waals surface area contributed by atoms with Crippen LogP contribution in [0.25, 0.3) is 0 Å². The minimum atomic E-state index is -0.375. The van der Waals surface area contributed by atoms with Gasteiger partial charge in [-0.1, -0.05) is 34.8 Å². The van der Waals surface area contributed by atoms with E-state index in [4.69, 9.17) is 39.5 Å². The summed E-state index contributed by atoms with van der Waals surface area (Å²) in [6.45, 7) is -0.306. The number of carbonyl (C=O) groups excluding carboxylic acids is 1. The van der Waals surface area contributed by atoms with Gasteiger partial charge in [-0.15, -0.1) is 0 Å². The Kier molecular flexibility index (Phi) is 4.45. The molecular formula is C15H13Cl3N2O3. The van der Waals surface area contributed by atoms with Gasteiger partial charge in [0, 0.05) is 18.0 Å². The van der Waals surface area contributed by atoms with Crippen LogP contribution in [0.15, 0.2) is 12.1 Å². The lowest BCUT2D eigenvalue weighted by Gasteiger charge is -2.10. The molecule has 0 saturated heterocycles. The van der Waals surface area contributed by atoms with Gasteiger partial charge >= 0.3 is 0 Å². The highest BCUT2D eigenvalue weighted by atomic mass is 35.5. The van der Waals surface area contributed by atoms with Crippen LogP contribution < -0.4 is 4.74 Å². The summed E-state index contributed by atoms with van der Waals surface area (Å²) in [7, 11) is 1.59. The van der Waals surface area contributed by atoms with Crippen molar-refractivity contribution < 1.29 is 14.6 Å². The Bertz CT molecular complexity index is 762. The number of carbonyl (C=O) groups is 1. The molecule has 1 aliphatic carbocycles. The molecule has 0 atom stereocenters. The smallest absolute Gasteiger partial charge is 0.220 e. The first-order valence-electron chi connectivity index (χ1n) is 6.95. The lowest BCUT2D eigenvalue weighted by molar-refractivity contribution is 0.0917. The van der Waals surface area contributed by atoms with Crippen molar-refractivity contribution in [2.75, 3.05) is 6.61 Å². The van der Waals surface area contributed by atoms with Crippen LogP contribution >= 0.6 is 34.8 Å². The molecule has 1 saturated carbocycles. The highest BCUT2D eigenvalue weighted by molar-refractivity contribution is 6.40. The van der Waals surface area contributed by atoms with E-state index in [2.05, 4.69) is 5.10 Å². The summed E-state index contributed by atoms with van der Waals surface area (Å²) < 4.78 is 6.73. The maximum atomic E-state index is 12.4. The molecular weight excluding hydrogens is 363 g/mol. The van der Waals surface area contributed by atoms with Gasteiger partial charge in [0.05, 0.1) is 15.7 Å². The fourth-order valence-corrected chi connectivity index (χ4v) is 3.25. The van der Waals surface area contributed by atoms with E-state index in [1.54, 1.807) is 7.05 Å². The van der Waals surface area contributed by atoms with Gasteiger partial charge in [-0.2, -0.15) is 5.10 Å². The number of ether oxygens (including phenoxy) is 1. The number of aromatic hydroxyl groups is 1. The van der Waals surface area contributed by atoms with Gasteiger partial charge in [0.2, 0.25) is 11.7 Å². The Hall–Kier alpha value is -1.43. The van der Waals surface area contributed by atoms with Crippen molar-refractivity contribution >= 4 is 40.6 Å². The summed E-state index contributed by atoms with van der Waals surface area (Å²) >= 11 is 17.9. The summed E-state index contributed by atoms with van der Waals surface area (Å²) in [6.07, 6.45) is 1.93. The molecule has 5 nitrogen and oxygen atoms in total. The van der Waals surface area contributed by atoms with Crippen LogP contribution in [-0.4, -0.2) is 27.3 Å². The molecule has 0 spiro atoms. The van der Waals surface area contributed by atoms with E-state index in [1.807, 2.05) is 0 Å². The molecule has 1 aromatic heterocycles. The number of hydrogen-bond donors (Lipinski definition) is 1. The van der Waals surface area contributed by atoms with Crippen molar-refractivity contribution in [2.24, 2.45) is 7.05 Å². The molecule has 0 aliphatic heterocycles. The van der Waals surface area contributed by atoms with Crippen molar-refractivity contribution in [1.82, 2.24) is 9.78 Å². The zero-order valence-corrected chi connectivity index (χ0v) is 14.4. The first-order valence-corrected chi connectivity index (χ1v) is 8.08. The van der Waals surface area contributed by atoms with Crippen LogP contribution in [0.1, 0.15) is 34.8 Å². The first-order chi connectivity index (χ1) is 10.9. The van der Waals surface area contributed by atoms with Crippen molar-refractivity contribution in [3.8, 4) is 11.6 Å².